The van der Waals surface area contributed by atoms with Crippen molar-refractivity contribution in [2.75, 3.05) is 0 Å². The number of rotatable bonds is 7. The Kier molecular flexibility index (Phi) is 6.22. The molecule has 1 amide bonds. The van der Waals surface area contributed by atoms with E-state index in [1.807, 2.05) is 54.9 Å². The van der Waals surface area contributed by atoms with Gasteiger partial charge in [-0.2, -0.15) is 0 Å². The van der Waals surface area contributed by atoms with Crippen LogP contribution in [0.25, 0.3) is 0 Å². The number of unbranched alkanes of at least 4 members (excludes halogenated alkanes) is 1. The van der Waals surface area contributed by atoms with E-state index in [1.54, 1.807) is 0 Å². The second-order valence-electron chi connectivity index (χ2n) is 4.94. The Morgan fingerprint density at radius 3 is 2.57 bits per heavy atom. The van der Waals surface area contributed by atoms with E-state index in [0.29, 0.717) is 18.0 Å². The van der Waals surface area contributed by atoms with Crippen LogP contribution in [0.1, 0.15) is 24.8 Å². The van der Waals surface area contributed by atoms with Gasteiger partial charge in [-0.05, 0) is 18.1 Å². The predicted octanol–water partition coefficient (Wildman–Crippen LogP) is 3.11. The van der Waals surface area contributed by atoms with Gasteiger partial charge in [-0.3, -0.25) is 4.79 Å². The number of hydrogen-bond acceptors (Lipinski definition) is 1. The first kappa shape index (κ1) is 15.5. The van der Waals surface area contributed by atoms with Crippen molar-refractivity contribution >= 4 is 17.5 Å². The van der Waals surface area contributed by atoms with Crippen LogP contribution in [0.5, 0.6) is 0 Å². The Balaban J connectivity index is 1.63. The quantitative estimate of drug-likeness (QED) is 0.619. The van der Waals surface area contributed by atoms with Crippen LogP contribution in [-0.2, 0) is 17.9 Å². The van der Waals surface area contributed by atoms with Crippen LogP contribution in [-0.4, -0.2) is 5.91 Å². The van der Waals surface area contributed by atoms with E-state index in [9.17, 15) is 4.79 Å². The average Bonchev–Trinajstić information content (AvgIpc) is 2.52. The zero-order valence-corrected chi connectivity index (χ0v) is 12.7. The van der Waals surface area contributed by atoms with Crippen molar-refractivity contribution in [2.24, 2.45) is 0 Å². The van der Waals surface area contributed by atoms with Crippen LogP contribution >= 0.6 is 11.6 Å². The Morgan fingerprint density at radius 2 is 1.81 bits per heavy atom. The first-order chi connectivity index (χ1) is 10.3. The molecule has 0 aliphatic rings. The maximum Gasteiger partial charge on any atom is 0.220 e. The molecule has 0 saturated heterocycles. The summed E-state index contributed by atoms with van der Waals surface area (Å²) in [7, 11) is 0. The highest BCUT2D eigenvalue weighted by Gasteiger charge is 2.04. The molecule has 0 fully saturated rings. The van der Waals surface area contributed by atoms with Crippen molar-refractivity contribution in [3.8, 4) is 0 Å². The zero-order chi connectivity index (χ0) is 14.9. The maximum atomic E-state index is 11.8. The van der Waals surface area contributed by atoms with Crippen molar-refractivity contribution in [3.05, 3.63) is 65.4 Å². The molecule has 1 N–H and O–H groups in total. The van der Waals surface area contributed by atoms with E-state index < -0.39 is 0 Å². The number of aryl methyl sites for hydroxylation is 1. The Hall–Kier alpha value is -1.87. The summed E-state index contributed by atoms with van der Waals surface area (Å²) < 4.78 is 2.13. The lowest BCUT2D eigenvalue weighted by Gasteiger charge is -2.06. The number of amides is 1. The molecule has 0 aliphatic heterocycles. The molecule has 0 radical (unpaired) electrons. The summed E-state index contributed by atoms with van der Waals surface area (Å²) in [6.07, 6.45) is 6.51. The predicted molar refractivity (Wildman–Crippen MR) is 83.8 cm³/mol. The summed E-state index contributed by atoms with van der Waals surface area (Å²) in [5.74, 6) is 0.0768. The minimum atomic E-state index is 0.0768. The molecule has 2 rings (SSSR count). The van der Waals surface area contributed by atoms with Gasteiger partial charge in [0.2, 0.25) is 5.91 Å². The van der Waals surface area contributed by atoms with Gasteiger partial charge in [0.25, 0.3) is 0 Å². The molecular weight excluding hydrogens is 284 g/mol. The number of aromatic nitrogens is 1. The van der Waals surface area contributed by atoms with Gasteiger partial charge in [-0.15, -0.1) is 0 Å². The van der Waals surface area contributed by atoms with Crippen molar-refractivity contribution < 1.29 is 9.36 Å². The molecule has 3 nitrogen and oxygen atoms in total. The van der Waals surface area contributed by atoms with E-state index in [4.69, 9.17) is 11.6 Å². The number of hydrogen-bond donors (Lipinski definition) is 1. The molecule has 0 bridgehead atoms. The van der Waals surface area contributed by atoms with Gasteiger partial charge >= 0.3 is 0 Å². The summed E-state index contributed by atoms with van der Waals surface area (Å²) in [6.45, 7) is 1.44. The van der Waals surface area contributed by atoms with Gasteiger partial charge in [-0.1, -0.05) is 35.9 Å². The molecule has 21 heavy (non-hydrogen) atoms. The van der Waals surface area contributed by atoms with Crippen LogP contribution in [0.2, 0.25) is 5.02 Å². The molecule has 2 aromatic rings. The minimum absolute atomic E-state index is 0.0768. The molecule has 110 valence electrons. The molecule has 0 spiro atoms. The minimum Gasteiger partial charge on any atom is -0.352 e. The summed E-state index contributed by atoms with van der Waals surface area (Å²) in [4.78, 5) is 11.8. The smallest absolute Gasteiger partial charge is 0.220 e. The van der Waals surface area contributed by atoms with Crippen LogP contribution in [0.3, 0.4) is 0 Å². The number of pyridine rings is 1. The number of carbonyl (C=O) groups is 1. The highest BCUT2D eigenvalue weighted by Crippen LogP contribution is 2.14. The van der Waals surface area contributed by atoms with Gasteiger partial charge in [0.15, 0.2) is 12.4 Å². The molecule has 4 heteroatoms. The van der Waals surface area contributed by atoms with Crippen LogP contribution in [0, 0.1) is 0 Å². The molecular formula is C17H20ClN2O+. The second kappa shape index (κ2) is 8.42. The molecule has 0 unspecified atom stereocenters. The first-order valence-electron chi connectivity index (χ1n) is 7.20. The lowest BCUT2D eigenvalue weighted by molar-refractivity contribution is -0.697. The van der Waals surface area contributed by atoms with Gasteiger partial charge in [0.1, 0.15) is 6.54 Å². The molecule has 0 saturated carbocycles. The first-order valence-corrected chi connectivity index (χ1v) is 7.58. The average molecular weight is 304 g/mol. The van der Waals surface area contributed by atoms with Crippen LogP contribution in [0.4, 0.5) is 0 Å². The molecule has 0 atom stereocenters. The number of halogens is 1. The second-order valence-corrected chi connectivity index (χ2v) is 5.35. The summed E-state index contributed by atoms with van der Waals surface area (Å²) in [6, 6.07) is 13.6. The van der Waals surface area contributed by atoms with Gasteiger partial charge in [0.05, 0.1) is 0 Å². The van der Waals surface area contributed by atoms with Gasteiger partial charge in [-0.25, -0.2) is 4.57 Å². The third-order valence-electron chi connectivity index (χ3n) is 3.28. The SMILES string of the molecule is O=C(CCCC[n+]1ccccc1)NCc1ccccc1Cl. The standard InChI is InChI=1S/C17H19ClN2O/c18-16-9-3-2-8-15(16)14-19-17(21)10-4-7-13-20-11-5-1-6-12-20/h1-3,5-6,8-9,11-12H,4,7,10,13-14H2/p+1. The van der Waals surface area contributed by atoms with E-state index >= 15 is 0 Å². The van der Waals surface area contributed by atoms with Crippen molar-refractivity contribution in [1.82, 2.24) is 5.32 Å². The normalized spacial score (nSPS) is 10.3. The largest absolute Gasteiger partial charge is 0.352 e. The highest BCUT2D eigenvalue weighted by molar-refractivity contribution is 6.31. The molecule has 0 aliphatic carbocycles. The van der Waals surface area contributed by atoms with Crippen LogP contribution in [0.15, 0.2) is 54.9 Å². The Morgan fingerprint density at radius 1 is 1.05 bits per heavy atom. The summed E-state index contributed by atoms with van der Waals surface area (Å²) in [5.41, 5.74) is 0.951. The summed E-state index contributed by atoms with van der Waals surface area (Å²) in [5, 5.41) is 3.60. The van der Waals surface area contributed by atoms with Crippen molar-refractivity contribution in [2.45, 2.75) is 32.4 Å². The third-order valence-corrected chi connectivity index (χ3v) is 3.65. The number of benzene rings is 1. The van der Waals surface area contributed by atoms with Crippen LogP contribution < -0.4 is 9.88 Å². The fourth-order valence-corrected chi connectivity index (χ4v) is 2.29. The Labute approximate surface area is 130 Å². The molecule has 1 heterocycles. The zero-order valence-electron chi connectivity index (χ0n) is 12.0. The lowest BCUT2D eigenvalue weighted by atomic mass is 10.2. The monoisotopic (exact) mass is 303 g/mol. The maximum absolute atomic E-state index is 11.8. The van der Waals surface area contributed by atoms with Crippen molar-refractivity contribution in [1.29, 1.82) is 0 Å². The number of carbonyl (C=O) groups excluding carboxylic acids is 1. The fourth-order valence-electron chi connectivity index (χ4n) is 2.09. The van der Waals surface area contributed by atoms with Gasteiger partial charge < -0.3 is 5.32 Å². The van der Waals surface area contributed by atoms with E-state index in [1.165, 1.54) is 0 Å². The molecule has 1 aromatic carbocycles. The third kappa shape index (κ3) is 5.56. The lowest BCUT2D eigenvalue weighted by Crippen LogP contribution is -2.32. The summed E-state index contributed by atoms with van der Waals surface area (Å²) >= 11 is 6.05. The Bertz CT molecular complexity index is 572. The fraction of sp³-hybridized carbons (Fsp3) is 0.294. The van der Waals surface area contributed by atoms with E-state index in [0.717, 1.165) is 24.9 Å². The molecule has 1 aromatic heterocycles. The topological polar surface area (TPSA) is 33.0 Å². The van der Waals surface area contributed by atoms with E-state index in [-0.39, 0.29) is 5.91 Å². The van der Waals surface area contributed by atoms with Crippen molar-refractivity contribution in [3.63, 3.8) is 0 Å². The van der Waals surface area contributed by atoms with Gasteiger partial charge in [0, 0.05) is 36.5 Å². The van der Waals surface area contributed by atoms with E-state index in [2.05, 4.69) is 9.88 Å². The number of nitrogens with one attached hydrogen (secondary N) is 1. The highest BCUT2D eigenvalue weighted by atomic mass is 35.5. The number of nitrogens with zero attached hydrogens (tertiary/aromatic N) is 1.